The highest BCUT2D eigenvalue weighted by atomic mass is 15.1. The van der Waals surface area contributed by atoms with E-state index in [0.717, 1.165) is 5.56 Å². The number of aryl methyl sites for hydroxylation is 1. The predicted octanol–water partition coefficient (Wildman–Crippen LogP) is 5.13. The van der Waals surface area contributed by atoms with Crippen LogP contribution in [0.25, 0.3) is 16.5 Å². The average molecular weight is 243 g/mol. The van der Waals surface area contributed by atoms with E-state index in [1.807, 2.05) is 12.2 Å². The van der Waals surface area contributed by atoms with Gasteiger partial charge >= 0.3 is 0 Å². The summed E-state index contributed by atoms with van der Waals surface area (Å²) in [7, 11) is 0. The minimum Gasteiger partial charge on any atom is -0.0899 e. The first kappa shape index (κ1) is 14.3. The average Bonchev–Trinajstić information content (AvgIpc) is 2.41. The third-order valence-electron chi connectivity index (χ3n) is 2.86. The molecule has 0 saturated heterocycles. The van der Waals surface area contributed by atoms with Gasteiger partial charge in [0.15, 0.2) is 0 Å². The molecule has 0 unspecified atom stereocenters. The van der Waals surface area contributed by atoms with Gasteiger partial charge in [-0.15, -0.1) is 0 Å². The Morgan fingerprint density at radius 3 is 2.61 bits per heavy atom. The van der Waals surface area contributed by atoms with Gasteiger partial charge in [-0.1, -0.05) is 67.7 Å². The fourth-order valence-electron chi connectivity index (χ4n) is 1.82. The molecule has 0 radical (unpaired) electrons. The van der Waals surface area contributed by atoms with Crippen LogP contribution < -0.4 is 0 Å². The molecule has 0 aliphatic rings. The molecule has 0 aliphatic carbocycles. The summed E-state index contributed by atoms with van der Waals surface area (Å²) in [5.41, 5.74) is 10.7. The van der Waals surface area contributed by atoms with E-state index in [9.17, 15) is 0 Å². The maximum atomic E-state index is 8.14. The first-order chi connectivity index (χ1) is 8.86. The van der Waals surface area contributed by atoms with Crippen LogP contribution in [-0.4, -0.2) is 6.54 Å². The van der Waals surface area contributed by atoms with Crippen molar-refractivity contribution in [3.05, 3.63) is 51.9 Å². The van der Waals surface area contributed by atoms with E-state index in [1.54, 1.807) is 0 Å². The Kier molecular flexibility index (Phi) is 7.42. The molecule has 0 spiro atoms. The van der Waals surface area contributed by atoms with E-state index in [0.29, 0.717) is 6.54 Å². The van der Waals surface area contributed by atoms with Crippen molar-refractivity contribution in [3.8, 4) is 0 Å². The molecule has 3 nitrogen and oxygen atoms in total. The Balaban J connectivity index is 2.37. The molecule has 0 bridgehead atoms. The van der Waals surface area contributed by atoms with Gasteiger partial charge in [-0.25, -0.2) is 0 Å². The fourth-order valence-corrected chi connectivity index (χ4v) is 1.82. The van der Waals surface area contributed by atoms with Crippen molar-refractivity contribution in [2.24, 2.45) is 5.11 Å². The van der Waals surface area contributed by atoms with Crippen LogP contribution in [0.2, 0.25) is 0 Å². The van der Waals surface area contributed by atoms with Gasteiger partial charge in [0.25, 0.3) is 0 Å². The first-order valence-corrected chi connectivity index (χ1v) is 6.63. The number of nitrogens with zero attached hydrogens (tertiary/aromatic N) is 3. The highest BCUT2D eigenvalue weighted by molar-refractivity contribution is 5.49. The monoisotopic (exact) mass is 243 g/mol. The lowest BCUT2D eigenvalue weighted by Gasteiger charge is -2.01. The second kappa shape index (κ2) is 9.32. The Labute approximate surface area is 109 Å². The first-order valence-electron chi connectivity index (χ1n) is 6.63. The lowest BCUT2D eigenvalue weighted by Crippen LogP contribution is -1.86. The molecule has 96 valence electrons. The molecule has 0 aromatic heterocycles. The lowest BCUT2D eigenvalue weighted by atomic mass is 10.0. The summed E-state index contributed by atoms with van der Waals surface area (Å²) in [6.07, 6.45) is 10.2. The molecule has 1 rings (SSSR count). The predicted molar refractivity (Wildman–Crippen MR) is 77.3 cm³/mol. The number of rotatable bonds is 8. The Morgan fingerprint density at radius 1 is 1.17 bits per heavy atom. The van der Waals surface area contributed by atoms with Gasteiger partial charge in [-0.3, -0.25) is 0 Å². The van der Waals surface area contributed by atoms with Crippen LogP contribution in [0.1, 0.15) is 43.7 Å². The van der Waals surface area contributed by atoms with Crippen LogP contribution >= 0.6 is 0 Å². The summed E-state index contributed by atoms with van der Waals surface area (Å²) >= 11 is 0. The van der Waals surface area contributed by atoms with Crippen LogP contribution in [0.15, 0.2) is 35.5 Å². The van der Waals surface area contributed by atoms with Gasteiger partial charge in [-0.2, -0.15) is 0 Å². The van der Waals surface area contributed by atoms with Crippen LogP contribution in [0.3, 0.4) is 0 Å². The van der Waals surface area contributed by atoms with Gasteiger partial charge < -0.3 is 0 Å². The van der Waals surface area contributed by atoms with Gasteiger partial charge in [0.05, 0.1) is 0 Å². The third-order valence-corrected chi connectivity index (χ3v) is 2.86. The van der Waals surface area contributed by atoms with Crippen LogP contribution in [-0.2, 0) is 6.42 Å². The third kappa shape index (κ3) is 6.12. The number of hydrogen-bond donors (Lipinski definition) is 0. The molecule has 18 heavy (non-hydrogen) atoms. The molecule has 1 aromatic rings. The standard InChI is InChI=1S/C15H21N3/c1-2-3-4-5-7-14-9-11-15(12-10-14)8-6-13-17-18-16/h6,8-12H,2-5,7,13H2,1H3. The van der Waals surface area contributed by atoms with Crippen LogP contribution in [0.5, 0.6) is 0 Å². The quantitative estimate of drug-likeness (QED) is 0.263. The van der Waals surface area contributed by atoms with Gasteiger partial charge in [0, 0.05) is 11.5 Å². The summed E-state index contributed by atoms with van der Waals surface area (Å²) in [5, 5.41) is 3.46. The smallest absolute Gasteiger partial charge is 0.0443 e. The van der Waals surface area contributed by atoms with E-state index in [1.165, 1.54) is 37.7 Å². The molecule has 0 heterocycles. The SMILES string of the molecule is CCCCCCc1ccc(C=CCN=[N+]=[N-])cc1. The van der Waals surface area contributed by atoms with Gasteiger partial charge in [-0.05, 0) is 29.5 Å². The Bertz CT molecular complexity index is 400. The topological polar surface area (TPSA) is 48.8 Å². The number of azide groups is 1. The largest absolute Gasteiger partial charge is 0.0899 e. The molecule has 0 atom stereocenters. The molecular weight excluding hydrogens is 222 g/mol. The molecule has 3 heteroatoms. The lowest BCUT2D eigenvalue weighted by molar-refractivity contribution is 0.667. The van der Waals surface area contributed by atoms with E-state index < -0.39 is 0 Å². The Hall–Kier alpha value is -1.73. The van der Waals surface area contributed by atoms with Crippen molar-refractivity contribution >= 4 is 6.08 Å². The zero-order valence-electron chi connectivity index (χ0n) is 11.0. The van der Waals surface area contributed by atoms with Crippen LogP contribution in [0.4, 0.5) is 0 Å². The maximum absolute atomic E-state index is 8.14. The maximum Gasteiger partial charge on any atom is 0.0443 e. The van der Waals surface area contributed by atoms with Crippen molar-refractivity contribution in [3.63, 3.8) is 0 Å². The summed E-state index contributed by atoms with van der Waals surface area (Å²) in [6, 6.07) is 8.59. The summed E-state index contributed by atoms with van der Waals surface area (Å²) in [5.74, 6) is 0. The molecule has 0 fully saturated rings. The second-order valence-electron chi connectivity index (χ2n) is 4.37. The summed E-state index contributed by atoms with van der Waals surface area (Å²) in [4.78, 5) is 2.70. The van der Waals surface area contributed by atoms with Crippen LogP contribution in [0, 0.1) is 0 Å². The zero-order chi connectivity index (χ0) is 13.1. The van der Waals surface area contributed by atoms with E-state index in [2.05, 4.69) is 41.2 Å². The number of benzene rings is 1. The van der Waals surface area contributed by atoms with Crippen molar-refractivity contribution in [2.75, 3.05) is 6.54 Å². The highest BCUT2D eigenvalue weighted by Gasteiger charge is 1.93. The normalized spacial score (nSPS) is 10.5. The molecule has 1 aromatic carbocycles. The van der Waals surface area contributed by atoms with Crippen molar-refractivity contribution in [1.29, 1.82) is 0 Å². The van der Waals surface area contributed by atoms with Gasteiger partial charge in [0.1, 0.15) is 0 Å². The minimum atomic E-state index is 0.412. The van der Waals surface area contributed by atoms with E-state index in [-0.39, 0.29) is 0 Å². The molecule has 0 N–H and O–H groups in total. The van der Waals surface area contributed by atoms with E-state index in [4.69, 9.17) is 5.53 Å². The number of unbranched alkanes of at least 4 members (excludes halogenated alkanes) is 3. The highest BCUT2D eigenvalue weighted by Crippen LogP contribution is 2.10. The molecule has 0 aliphatic heterocycles. The molecule has 0 amide bonds. The summed E-state index contributed by atoms with van der Waals surface area (Å²) in [6.45, 7) is 2.65. The minimum absolute atomic E-state index is 0.412. The zero-order valence-corrected chi connectivity index (χ0v) is 11.0. The fraction of sp³-hybridized carbons (Fsp3) is 0.467. The van der Waals surface area contributed by atoms with Crippen molar-refractivity contribution in [1.82, 2.24) is 0 Å². The van der Waals surface area contributed by atoms with Gasteiger partial charge in [0.2, 0.25) is 0 Å². The van der Waals surface area contributed by atoms with Crippen molar-refractivity contribution < 1.29 is 0 Å². The second-order valence-corrected chi connectivity index (χ2v) is 4.37. The molecule has 0 saturated carbocycles. The van der Waals surface area contributed by atoms with Crippen molar-refractivity contribution in [2.45, 2.75) is 39.0 Å². The Morgan fingerprint density at radius 2 is 1.94 bits per heavy atom. The van der Waals surface area contributed by atoms with E-state index >= 15 is 0 Å². The number of hydrogen-bond acceptors (Lipinski definition) is 1. The molecular formula is C15H21N3. The summed E-state index contributed by atoms with van der Waals surface area (Å²) < 4.78 is 0.